The van der Waals surface area contributed by atoms with E-state index in [1.165, 1.54) is 43.5 Å². The molecule has 6 heteroatoms. The Kier molecular flexibility index (Phi) is 3.34. The van der Waals surface area contributed by atoms with Gasteiger partial charge in [-0.2, -0.15) is 0 Å². The molecule has 1 aromatic heterocycles. The Hall–Kier alpha value is -3.15. The summed E-state index contributed by atoms with van der Waals surface area (Å²) >= 11 is 0. The maximum absolute atomic E-state index is 12.1. The van der Waals surface area contributed by atoms with Crippen molar-refractivity contribution < 1.29 is 24.1 Å². The topological polar surface area (TPSA) is 89.1 Å². The average Bonchev–Trinajstić information content (AvgIpc) is 2.48. The minimum atomic E-state index is -0.435. The van der Waals surface area contributed by atoms with Gasteiger partial charge in [-0.15, -0.1) is 0 Å². The second-order valence-corrected chi connectivity index (χ2v) is 4.55. The van der Waals surface area contributed by atoms with Crippen LogP contribution in [0.4, 0.5) is 0 Å². The van der Waals surface area contributed by atoms with Gasteiger partial charge in [-0.25, -0.2) is 0 Å². The summed E-state index contributed by atoms with van der Waals surface area (Å²) in [6.45, 7) is 0. The van der Waals surface area contributed by atoms with Gasteiger partial charge in [-0.1, -0.05) is 0 Å². The van der Waals surface area contributed by atoms with Crippen LogP contribution in [-0.4, -0.2) is 17.3 Å². The molecule has 2 aromatic carbocycles. The average molecular weight is 300 g/mol. The SMILES string of the molecule is COc1cc(O)c2c(=O)cc(Oc3ccc(O)cc3)oc2c1. The van der Waals surface area contributed by atoms with Crippen molar-refractivity contribution in [1.29, 1.82) is 0 Å². The van der Waals surface area contributed by atoms with Crippen molar-refractivity contribution in [3.63, 3.8) is 0 Å². The van der Waals surface area contributed by atoms with E-state index in [1.807, 2.05) is 0 Å². The molecule has 3 rings (SSSR count). The summed E-state index contributed by atoms with van der Waals surface area (Å²) in [7, 11) is 1.44. The molecule has 0 amide bonds. The Morgan fingerprint density at radius 3 is 2.41 bits per heavy atom. The van der Waals surface area contributed by atoms with Gasteiger partial charge in [0.2, 0.25) is 0 Å². The lowest BCUT2D eigenvalue weighted by atomic mass is 10.2. The number of hydrogen-bond acceptors (Lipinski definition) is 6. The maximum Gasteiger partial charge on any atom is 0.294 e. The van der Waals surface area contributed by atoms with Gasteiger partial charge in [0.15, 0.2) is 5.43 Å². The monoisotopic (exact) mass is 300 g/mol. The van der Waals surface area contributed by atoms with Gasteiger partial charge >= 0.3 is 0 Å². The molecule has 112 valence electrons. The lowest BCUT2D eigenvalue weighted by Crippen LogP contribution is -2.01. The summed E-state index contributed by atoms with van der Waals surface area (Å²) in [6, 6.07) is 9.92. The zero-order chi connectivity index (χ0) is 15.7. The van der Waals surface area contributed by atoms with Crippen LogP contribution in [0.1, 0.15) is 0 Å². The molecular formula is C16H12O6. The van der Waals surface area contributed by atoms with E-state index in [4.69, 9.17) is 13.9 Å². The number of phenolic OH excluding ortho intramolecular Hbond substituents is 2. The number of benzene rings is 2. The Bertz CT molecular complexity index is 880. The lowest BCUT2D eigenvalue weighted by Gasteiger charge is -2.07. The first kappa shape index (κ1) is 13.8. The zero-order valence-electron chi connectivity index (χ0n) is 11.6. The highest BCUT2D eigenvalue weighted by atomic mass is 16.6. The van der Waals surface area contributed by atoms with Crippen LogP contribution in [0.15, 0.2) is 51.7 Å². The number of fused-ring (bicyclic) bond motifs is 1. The van der Waals surface area contributed by atoms with Crippen LogP contribution >= 0.6 is 0 Å². The van der Waals surface area contributed by atoms with E-state index in [0.29, 0.717) is 11.5 Å². The van der Waals surface area contributed by atoms with E-state index in [0.717, 1.165) is 6.07 Å². The molecule has 0 bridgehead atoms. The number of aromatic hydroxyl groups is 2. The van der Waals surface area contributed by atoms with Crippen molar-refractivity contribution in [2.24, 2.45) is 0 Å². The summed E-state index contributed by atoms with van der Waals surface area (Å²) in [6.07, 6.45) is 0. The molecule has 0 saturated heterocycles. The Balaban J connectivity index is 2.08. The molecule has 0 fully saturated rings. The summed E-state index contributed by atoms with van der Waals surface area (Å²) < 4.78 is 15.9. The van der Waals surface area contributed by atoms with Crippen LogP contribution in [0.5, 0.6) is 28.9 Å². The number of hydrogen-bond donors (Lipinski definition) is 2. The van der Waals surface area contributed by atoms with Gasteiger partial charge in [0.1, 0.15) is 34.0 Å². The first-order valence-electron chi connectivity index (χ1n) is 6.38. The van der Waals surface area contributed by atoms with Crippen molar-refractivity contribution in [2.45, 2.75) is 0 Å². The molecule has 6 nitrogen and oxygen atoms in total. The molecule has 0 aliphatic rings. The second kappa shape index (κ2) is 5.33. The predicted molar refractivity (Wildman–Crippen MR) is 78.9 cm³/mol. The number of rotatable bonds is 3. The molecular weight excluding hydrogens is 288 g/mol. The van der Waals surface area contributed by atoms with E-state index in [2.05, 4.69) is 0 Å². The number of methoxy groups -OCH3 is 1. The van der Waals surface area contributed by atoms with E-state index >= 15 is 0 Å². The van der Waals surface area contributed by atoms with Gasteiger partial charge in [-0.3, -0.25) is 4.79 Å². The third-order valence-electron chi connectivity index (χ3n) is 3.05. The fraction of sp³-hybridized carbons (Fsp3) is 0.0625. The van der Waals surface area contributed by atoms with E-state index in [1.54, 1.807) is 0 Å². The van der Waals surface area contributed by atoms with Crippen LogP contribution in [0.2, 0.25) is 0 Å². The van der Waals surface area contributed by atoms with Gasteiger partial charge in [0, 0.05) is 12.1 Å². The Morgan fingerprint density at radius 1 is 1.00 bits per heavy atom. The standard InChI is InChI=1S/C16H12O6/c1-20-11-6-12(18)16-13(19)8-15(22-14(16)7-11)21-10-4-2-9(17)3-5-10/h2-8,17-18H,1H3. The van der Waals surface area contributed by atoms with Crippen molar-refractivity contribution in [2.75, 3.05) is 7.11 Å². The molecule has 0 atom stereocenters. The van der Waals surface area contributed by atoms with Gasteiger partial charge < -0.3 is 24.1 Å². The number of phenols is 2. The molecule has 0 spiro atoms. The highest BCUT2D eigenvalue weighted by molar-refractivity contribution is 5.84. The smallest absolute Gasteiger partial charge is 0.294 e. The van der Waals surface area contributed by atoms with E-state index in [-0.39, 0.29) is 28.4 Å². The van der Waals surface area contributed by atoms with Crippen LogP contribution < -0.4 is 14.9 Å². The van der Waals surface area contributed by atoms with Crippen LogP contribution in [0.3, 0.4) is 0 Å². The fourth-order valence-electron chi connectivity index (χ4n) is 2.02. The molecule has 2 N–H and O–H groups in total. The second-order valence-electron chi connectivity index (χ2n) is 4.55. The molecule has 3 aromatic rings. The quantitative estimate of drug-likeness (QED) is 0.773. The third kappa shape index (κ3) is 2.54. The highest BCUT2D eigenvalue weighted by Crippen LogP contribution is 2.31. The summed E-state index contributed by atoms with van der Waals surface area (Å²) in [5.41, 5.74) is -0.284. The summed E-state index contributed by atoms with van der Waals surface area (Å²) in [5, 5.41) is 19.1. The van der Waals surface area contributed by atoms with Crippen molar-refractivity contribution in [1.82, 2.24) is 0 Å². The van der Waals surface area contributed by atoms with Gasteiger partial charge in [0.05, 0.1) is 13.2 Å². The highest BCUT2D eigenvalue weighted by Gasteiger charge is 2.12. The van der Waals surface area contributed by atoms with Gasteiger partial charge in [0.25, 0.3) is 5.95 Å². The largest absolute Gasteiger partial charge is 0.508 e. The number of ether oxygens (including phenoxy) is 2. The summed E-state index contributed by atoms with van der Waals surface area (Å²) in [5.74, 6) is 0.597. The third-order valence-corrected chi connectivity index (χ3v) is 3.05. The van der Waals surface area contributed by atoms with Crippen molar-refractivity contribution in [3.05, 3.63) is 52.7 Å². The predicted octanol–water partition coefficient (Wildman–Crippen LogP) is 3.01. The first-order chi connectivity index (χ1) is 10.6. The van der Waals surface area contributed by atoms with E-state index in [9.17, 15) is 15.0 Å². The minimum Gasteiger partial charge on any atom is -0.508 e. The Morgan fingerprint density at radius 2 is 1.73 bits per heavy atom. The summed E-state index contributed by atoms with van der Waals surface area (Å²) in [4.78, 5) is 12.1. The van der Waals surface area contributed by atoms with Crippen molar-refractivity contribution in [3.8, 4) is 28.9 Å². The van der Waals surface area contributed by atoms with Gasteiger partial charge in [-0.05, 0) is 24.3 Å². The molecule has 1 heterocycles. The van der Waals surface area contributed by atoms with Crippen LogP contribution in [0.25, 0.3) is 11.0 Å². The molecule has 22 heavy (non-hydrogen) atoms. The zero-order valence-corrected chi connectivity index (χ0v) is 11.6. The van der Waals surface area contributed by atoms with Crippen LogP contribution in [-0.2, 0) is 0 Å². The lowest BCUT2D eigenvalue weighted by molar-refractivity contribution is 0.351. The molecule has 0 unspecified atom stereocenters. The molecule has 0 aliphatic carbocycles. The fourth-order valence-corrected chi connectivity index (χ4v) is 2.02. The Labute approximate surface area is 124 Å². The van der Waals surface area contributed by atoms with Crippen molar-refractivity contribution >= 4 is 11.0 Å². The normalized spacial score (nSPS) is 10.6. The minimum absolute atomic E-state index is 0.0316. The molecule has 0 aliphatic heterocycles. The molecule has 0 saturated carbocycles. The van der Waals surface area contributed by atoms with Crippen LogP contribution in [0, 0.1) is 0 Å². The first-order valence-corrected chi connectivity index (χ1v) is 6.38. The maximum atomic E-state index is 12.1. The van der Waals surface area contributed by atoms with E-state index < -0.39 is 5.43 Å². The molecule has 0 radical (unpaired) electrons.